The SMILES string of the molecule is CCOC1CC(Nc2c([N+](=O)[O-])ccc(F)c2F)C1(C)C. The molecule has 21 heavy (non-hydrogen) atoms. The lowest BCUT2D eigenvalue weighted by Gasteiger charge is -2.51. The Hall–Kier alpha value is -1.76. The number of rotatable bonds is 5. The van der Waals surface area contributed by atoms with Crippen LogP contribution < -0.4 is 5.32 Å². The molecule has 1 fully saturated rings. The predicted octanol–water partition coefficient (Wildman–Crippen LogP) is 3.49. The summed E-state index contributed by atoms with van der Waals surface area (Å²) in [5.74, 6) is -2.33. The molecule has 116 valence electrons. The van der Waals surface area contributed by atoms with Crippen molar-refractivity contribution in [3.63, 3.8) is 0 Å². The first-order chi connectivity index (χ1) is 9.78. The zero-order chi connectivity index (χ0) is 15.8. The van der Waals surface area contributed by atoms with Crippen LogP contribution in [0.2, 0.25) is 0 Å². The van der Waals surface area contributed by atoms with Gasteiger partial charge in [-0.15, -0.1) is 0 Å². The highest BCUT2D eigenvalue weighted by Crippen LogP contribution is 2.45. The van der Waals surface area contributed by atoms with Crippen molar-refractivity contribution in [1.29, 1.82) is 0 Å². The Bertz CT molecular complexity index is 563. The van der Waals surface area contributed by atoms with Crippen LogP contribution in [0.25, 0.3) is 0 Å². The molecule has 1 aliphatic carbocycles. The Balaban J connectivity index is 2.25. The normalized spacial score (nSPS) is 23.5. The third-order valence-electron chi connectivity index (χ3n) is 4.13. The van der Waals surface area contributed by atoms with Crippen molar-refractivity contribution in [1.82, 2.24) is 0 Å². The molecule has 2 unspecified atom stereocenters. The van der Waals surface area contributed by atoms with E-state index in [-0.39, 0.29) is 17.6 Å². The van der Waals surface area contributed by atoms with Crippen LogP contribution in [0.5, 0.6) is 0 Å². The Kier molecular flexibility index (Phi) is 4.13. The zero-order valence-electron chi connectivity index (χ0n) is 12.2. The number of ether oxygens (including phenoxy) is 1. The van der Waals surface area contributed by atoms with E-state index in [1.165, 1.54) is 0 Å². The molecule has 0 saturated heterocycles. The van der Waals surface area contributed by atoms with Crippen molar-refractivity contribution in [2.45, 2.75) is 39.3 Å². The number of halogens is 2. The monoisotopic (exact) mass is 300 g/mol. The Morgan fingerprint density at radius 2 is 2.14 bits per heavy atom. The van der Waals surface area contributed by atoms with E-state index in [0.29, 0.717) is 13.0 Å². The van der Waals surface area contributed by atoms with E-state index in [0.717, 1.165) is 12.1 Å². The van der Waals surface area contributed by atoms with Gasteiger partial charge in [-0.25, -0.2) is 8.78 Å². The molecule has 0 heterocycles. The van der Waals surface area contributed by atoms with Gasteiger partial charge < -0.3 is 10.1 Å². The maximum absolute atomic E-state index is 13.9. The van der Waals surface area contributed by atoms with E-state index in [1.54, 1.807) is 0 Å². The topological polar surface area (TPSA) is 64.4 Å². The summed E-state index contributed by atoms with van der Waals surface area (Å²) in [6.07, 6.45) is 0.587. The van der Waals surface area contributed by atoms with Gasteiger partial charge >= 0.3 is 0 Å². The van der Waals surface area contributed by atoms with Gasteiger partial charge in [0.25, 0.3) is 5.69 Å². The van der Waals surface area contributed by atoms with Crippen LogP contribution in [0.4, 0.5) is 20.2 Å². The molecule has 1 N–H and O–H groups in total. The number of anilines is 1. The molecule has 1 aliphatic rings. The molecule has 5 nitrogen and oxygen atoms in total. The average molecular weight is 300 g/mol. The first kappa shape index (κ1) is 15.6. The first-order valence-electron chi connectivity index (χ1n) is 6.79. The second-order valence-corrected chi connectivity index (χ2v) is 5.71. The quantitative estimate of drug-likeness (QED) is 0.668. The fourth-order valence-electron chi connectivity index (χ4n) is 2.62. The van der Waals surface area contributed by atoms with Gasteiger partial charge in [-0.1, -0.05) is 13.8 Å². The first-order valence-corrected chi connectivity index (χ1v) is 6.79. The molecular formula is C14H18F2N2O3. The van der Waals surface area contributed by atoms with Crippen molar-refractivity contribution < 1.29 is 18.4 Å². The molecule has 1 aromatic rings. The van der Waals surface area contributed by atoms with Gasteiger partial charge in [-0.05, 0) is 19.4 Å². The second-order valence-electron chi connectivity index (χ2n) is 5.71. The molecule has 2 rings (SSSR count). The van der Waals surface area contributed by atoms with Crippen LogP contribution in [-0.4, -0.2) is 23.7 Å². The number of hydrogen-bond donors (Lipinski definition) is 1. The van der Waals surface area contributed by atoms with Crippen LogP contribution in [0.3, 0.4) is 0 Å². The smallest absolute Gasteiger partial charge is 0.295 e. The second kappa shape index (κ2) is 5.55. The third kappa shape index (κ3) is 2.70. The number of nitro benzene ring substituents is 1. The fourth-order valence-corrected chi connectivity index (χ4v) is 2.62. The summed E-state index contributed by atoms with van der Waals surface area (Å²) < 4.78 is 32.7. The molecule has 0 aromatic heterocycles. The minimum Gasteiger partial charge on any atom is -0.378 e. The van der Waals surface area contributed by atoms with Crippen LogP contribution in [-0.2, 0) is 4.74 Å². The molecule has 7 heteroatoms. The summed E-state index contributed by atoms with van der Waals surface area (Å²) >= 11 is 0. The maximum Gasteiger partial charge on any atom is 0.295 e. The molecule has 0 radical (unpaired) electrons. The van der Waals surface area contributed by atoms with Gasteiger partial charge in [0.1, 0.15) is 0 Å². The highest BCUT2D eigenvalue weighted by molar-refractivity contribution is 5.63. The number of hydrogen-bond acceptors (Lipinski definition) is 4. The summed E-state index contributed by atoms with van der Waals surface area (Å²) in [6.45, 7) is 6.30. The van der Waals surface area contributed by atoms with E-state index in [1.807, 2.05) is 20.8 Å². The average Bonchev–Trinajstić information content (AvgIpc) is 2.41. The standard InChI is InChI=1S/C14H18F2N2O3/c1-4-21-11-7-10(14(11,2)3)17-13-9(18(19)20)6-5-8(15)12(13)16/h5-6,10-11,17H,4,7H2,1-3H3. The van der Waals surface area contributed by atoms with Crippen molar-refractivity contribution in [2.75, 3.05) is 11.9 Å². The van der Waals surface area contributed by atoms with E-state index < -0.39 is 27.9 Å². The van der Waals surface area contributed by atoms with Crippen molar-refractivity contribution in [3.8, 4) is 0 Å². The molecule has 0 amide bonds. The van der Waals surface area contributed by atoms with Gasteiger partial charge in [0.05, 0.1) is 11.0 Å². The van der Waals surface area contributed by atoms with Crippen molar-refractivity contribution >= 4 is 11.4 Å². The summed E-state index contributed by atoms with van der Waals surface area (Å²) in [5.41, 5.74) is -1.18. The Morgan fingerprint density at radius 1 is 1.48 bits per heavy atom. The van der Waals surface area contributed by atoms with Crippen LogP contribution in [0.1, 0.15) is 27.2 Å². The van der Waals surface area contributed by atoms with Gasteiger partial charge in [0.15, 0.2) is 17.3 Å². The van der Waals surface area contributed by atoms with Crippen molar-refractivity contribution in [2.24, 2.45) is 5.41 Å². The molecule has 0 aliphatic heterocycles. The van der Waals surface area contributed by atoms with Crippen LogP contribution in [0, 0.1) is 27.2 Å². The molecular weight excluding hydrogens is 282 g/mol. The van der Waals surface area contributed by atoms with Gasteiger partial charge in [0.2, 0.25) is 0 Å². The lowest BCUT2D eigenvalue weighted by atomic mass is 9.64. The van der Waals surface area contributed by atoms with Crippen molar-refractivity contribution in [3.05, 3.63) is 33.9 Å². The van der Waals surface area contributed by atoms with E-state index in [9.17, 15) is 18.9 Å². The summed E-state index contributed by atoms with van der Waals surface area (Å²) in [4.78, 5) is 10.2. The predicted molar refractivity (Wildman–Crippen MR) is 74.2 cm³/mol. The third-order valence-corrected chi connectivity index (χ3v) is 4.13. The molecule has 1 aromatic carbocycles. The molecule has 0 bridgehead atoms. The van der Waals surface area contributed by atoms with Crippen LogP contribution >= 0.6 is 0 Å². The minimum atomic E-state index is -1.22. The lowest BCUT2D eigenvalue weighted by molar-refractivity contribution is -0.384. The zero-order valence-corrected chi connectivity index (χ0v) is 12.2. The van der Waals surface area contributed by atoms with E-state index in [4.69, 9.17) is 4.74 Å². The Morgan fingerprint density at radius 3 is 2.67 bits per heavy atom. The van der Waals surface area contributed by atoms with E-state index >= 15 is 0 Å². The fraction of sp³-hybridized carbons (Fsp3) is 0.571. The lowest BCUT2D eigenvalue weighted by Crippen LogP contribution is -2.58. The largest absolute Gasteiger partial charge is 0.378 e. The van der Waals surface area contributed by atoms with Gasteiger partial charge in [-0.3, -0.25) is 10.1 Å². The van der Waals surface area contributed by atoms with E-state index in [2.05, 4.69) is 5.32 Å². The highest BCUT2D eigenvalue weighted by Gasteiger charge is 2.49. The number of benzene rings is 1. The Labute approximate surface area is 121 Å². The number of nitro groups is 1. The molecule has 1 saturated carbocycles. The maximum atomic E-state index is 13.9. The molecule has 2 atom stereocenters. The number of nitrogens with zero attached hydrogens (tertiary/aromatic N) is 1. The number of nitrogens with one attached hydrogen (secondary N) is 1. The molecule has 0 spiro atoms. The van der Waals surface area contributed by atoms with Gasteiger partial charge in [0, 0.05) is 24.1 Å². The summed E-state index contributed by atoms with van der Waals surface area (Å²) in [6, 6.07) is 1.50. The van der Waals surface area contributed by atoms with Gasteiger partial charge in [-0.2, -0.15) is 0 Å². The summed E-state index contributed by atoms with van der Waals surface area (Å²) in [7, 11) is 0. The highest BCUT2D eigenvalue weighted by atomic mass is 19.2. The summed E-state index contributed by atoms with van der Waals surface area (Å²) in [5, 5.41) is 13.7. The van der Waals surface area contributed by atoms with Crippen LogP contribution in [0.15, 0.2) is 12.1 Å². The minimum absolute atomic E-state index is 0.00400.